The molecule has 1 nitrogen and oxygen atoms in total. The zero-order valence-corrected chi connectivity index (χ0v) is 48.0. The van der Waals surface area contributed by atoms with E-state index in [0.717, 1.165) is 17.1 Å². The minimum atomic E-state index is -0.543. The lowest BCUT2D eigenvalue weighted by Crippen LogP contribution is -2.27. The summed E-state index contributed by atoms with van der Waals surface area (Å²) in [5.74, 6) is 0. The van der Waals surface area contributed by atoms with Crippen molar-refractivity contribution in [3.05, 3.63) is 304 Å². The summed E-state index contributed by atoms with van der Waals surface area (Å²) < 4.78 is 0. The van der Waals surface area contributed by atoms with E-state index in [0.29, 0.717) is 0 Å². The Hall–Kier alpha value is -8.78. The zero-order valence-electron chi connectivity index (χ0n) is 48.0. The highest BCUT2D eigenvalue weighted by Crippen LogP contribution is 2.66. The molecule has 0 aromatic heterocycles. The average molecular weight is 1040 g/mol. The Morgan fingerprint density at radius 1 is 0.309 bits per heavy atom. The van der Waals surface area contributed by atoms with Crippen LogP contribution < -0.4 is 4.90 Å². The second-order valence-electron chi connectivity index (χ2n) is 26.1. The number of rotatable bonds is 6. The van der Waals surface area contributed by atoms with E-state index >= 15 is 0 Å². The summed E-state index contributed by atoms with van der Waals surface area (Å²) in [5, 5.41) is 0. The van der Waals surface area contributed by atoms with Crippen LogP contribution in [-0.2, 0) is 27.1 Å². The summed E-state index contributed by atoms with van der Waals surface area (Å²) in [7, 11) is 0. The molecule has 81 heavy (non-hydrogen) atoms. The van der Waals surface area contributed by atoms with Gasteiger partial charge in [0.05, 0.1) is 11.1 Å². The van der Waals surface area contributed by atoms with E-state index in [2.05, 4.69) is 310 Å². The molecule has 1 spiro atoms. The van der Waals surface area contributed by atoms with Crippen LogP contribution in [0.1, 0.15) is 124 Å². The highest BCUT2D eigenvalue weighted by Gasteiger charge is 2.53. The first-order valence-corrected chi connectivity index (χ1v) is 29.2. The van der Waals surface area contributed by atoms with Crippen molar-refractivity contribution in [2.24, 2.45) is 0 Å². The summed E-state index contributed by atoms with van der Waals surface area (Å²) in [6, 6.07) is 93.1. The van der Waals surface area contributed by atoms with E-state index < -0.39 is 5.41 Å². The molecule has 0 heterocycles. The molecule has 0 aliphatic heterocycles. The lowest BCUT2D eigenvalue weighted by molar-refractivity contribution is 0.586. The van der Waals surface area contributed by atoms with Gasteiger partial charge in [-0.2, -0.15) is 0 Å². The molecule has 1 atom stereocenters. The largest absolute Gasteiger partial charge is 0.310 e. The highest BCUT2D eigenvalue weighted by atomic mass is 15.1. The van der Waals surface area contributed by atoms with Gasteiger partial charge in [-0.15, -0.1) is 0 Å². The van der Waals surface area contributed by atoms with Crippen LogP contribution in [0.15, 0.2) is 243 Å². The maximum Gasteiger partial charge on any atom is 0.0726 e. The van der Waals surface area contributed by atoms with Crippen molar-refractivity contribution in [1.82, 2.24) is 0 Å². The van der Waals surface area contributed by atoms with Crippen LogP contribution in [0.3, 0.4) is 0 Å². The van der Waals surface area contributed by atoms with Gasteiger partial charge in [-0.25, -0.2) is 0 Å². The van der Waals surface area contributed by atoms with E-state index in [1.54, 1.807) is 0 Å². The van der Waals surface area contributed by atoms with Gasteiger partial charge in [-0.05, 0) is 177 Å². The Morgan fingerprint density at radius 2 is 0.815 bits per heavy atom. The van der Waals surface area contributed by atoms with Crippen LogP contribution in [-0.4, -0.2) is 0 Å². The Bertz CT molecular complexity index is 4340. The number of hydrogen-bond acceptors (Lipinski definition) is 1. The van der Waals surface area contributed by atoms with E-state index in [1.807, 2.05) is 0 Å². The van der Waals surface area contributed by atoms with Crippen LogP contribution >= 0.6 is 0 Å². The molecule has 4 aliphatic rings. The molecular formula is C80H67N. The first-order valence-electron chi connectivity index (χ1n) is 29.2. The van der Waals surface area contributed by atoms with E-state index in [-0.39, 0.29) is 21.7 Å². The van der Waals surface area contributed by atoms with Crippen LogP contribution in [0, 0.1) is 0 Å². The molecule has 0 fully saturated rings. The number of nitrogens with zero attached hydrogens (tertiary/aromatic N) is 1. The van der Waals surface area contributed by atoms with Crippen molar-refractivity contribution in [2.45, 2.75) is 89.4 Å². The summed E-state index contributed by atoms with van der Waals surface area (Å²) in [6.45, 7) is 21.3. The molecule has 0 radical (unpaired) electrons. The molecule has 1 unspecified atom stereocenters. The number of anilines is 3. The smallest absolute Gasteiger partial charge is 0.0726 e. The number of benzene rings is 11. The van der Waals surface area contributed by atoms with Gasteiger partial charge in [0.1, 0.15) is 0 Å². The Kier molecular flexibility index (Phi) is 10.6. The molecule has 392 valence electrons. The molecule has 0 saturated carbocycles. The SMILES string of the molecule is CC(C)(C)c1ccc2c(c1)C1(c3cc(C(C)(C)C)ccc3-2)c2ccccc2-c2c(N(c3ccc(-c4ccc5c(c4)C(C)(c4ccccc4)c4ccccc4-5)cc3)c3cccc(-c4cccc5c4C(C)(C)c4ccccc4-5)c3)cccc21. The van der Waals surface area contributed by atoms with E-state index in [4.69, 9.17) is 0 Å². The summed E-state index contributed by atoms with van der Waals surface area (Å²) in [5.41, 5.74) is 32.6. The lowest BCUT2D eigenvalue weighted by Gasteiger charge is -2.33. The fraction of sp³-hybridized carbons (Fsp3) is 0.175. The molecule has 1 heteroatoms. The topological polar surface area (TPSA) is 3.24 Å². The summed E-state index contributed by atoms with van der Waals surface area (Å²) >= 11 is 0. The van der Waals surface area contributed by atoms with Crippen LogP contribution in [0.25, 0.3) is 66.8 Å². The predicted molar refractivity (Wildman–Crippen MR) is 341 cm³/mol. The quantitative estimate of drug-likeness (QED) is 0.160. The normalized spacial score (nSPS) is 16.2. The average Bonchev–Trinajstić information content (AvgIpc) is 4.18. The summed E-state index contributed by atoms with van der Waals surface area (Å²) in [6.07, 6.45) is 0. The lowest BCUT2D eigenvalue weighted by atomic mass is 9.69. The van der Waals surface area contributed by atoms with Gasteiger partial charge in [0.15, 0.2) is 0 Å². The minimum Gasteiger partial charge on any atom is -0.310 e. The van der Waals surface area contributed by atoms with Crippen molar-refractivity contribution in [3.8, 4) is 66.8 Å². The Balaban J connectivity index is 0.949. The van der Waals surface area contributed by atoms with Crippen molar-refractivity contribution >= 4 is 17.1 Å². The first kappa shape index (κ1) is 49.3. The predicted octanol–water partition coefficient (Wildman–Crippen LogP) is 21.1. The van der Waals surface area contributed by atoms with Gasteiger partial charge in [0.2, 0.25) is 0 Å². The standard InChI is InChI=1S/C80H67N/c1-76(2,3)54-39-44-62-63-45-40-55(77(4,5)6)49-72(63)80(71(62)48-54)68-33-18-15-28-65(68)74-69(80)34-21-35-73(74)81(57-25-19-22-52(46-57)58-29-20-30-64-60-27-13-16-31-66(60)78(7,8)75(58)64)56-41-36-50(37-42-56)51-38-43-61-59-26-14-17-32-67(59)79(9,70(61)47-51)53-23-11-10-12-24-53/h10-49H,1-9H3. The fourth-order valence-corrected chi connectivity index (χ4v) is 15.2. The second-order valence-corrected chi connectivity index (χ2v) is 26.1. The van der Waals surface area contributed by atoms with Gasteiger partial charge in [0, 0.05) is 27.8 Å². The molecule has 0 saturated heterocycles. The minimum absolute atomic E-state index is 0.0401. The van der Waals surface area contributed by atoms with E-state index in [9.17, 15) is 0 Å². The van der Waals surface area contributed by atoms with Crippen molar-refractivity contribution in [3.63, 3.8) is 0 Å². The third-order valence-corrected chi connectivity index (χ3v) is 19.3. The first-order chi connectivity index (χ1) is 39.1. The van der Waals surface area contributed by atoms with Crippen molar-refractivity contribution in [1.29, 1.82) is 0 Å². The fourth-order valence-electron chi connectivity index (χ4n) is 15.2. The molecule has 4 aliphatic carbocycles. The second kappa shape index (κ2) is 17.4. The Labute approximate surface area is 479 Å². The molecule has 11 aromatic rings. The monoisotopic (exact) mass is 1040 g/mol. The van der Waals surface area contributed by atoms with Crippen molar-refractivity contribution in [2.75, 3.05) is 4.90 Å². The van der Waals surface area contributed by atoms with E-state index in [1.165, 1.54) is 128 Å². The maximum absolute atomic E-state index is 2.56. The van der Waals surface area contributed by atoms with Crippen LogP contribution in [0.2, 0.25) is 0 Å². The maximum atomic E-state index is 2.56. The van der Waals surface area contributed by atoms with Gasteiger partial charge in [-0.1, -0.05) is 262 Å². The van der Waals surface area contributed by atoms with Gasteiger partial charge in [-0.3, -0.25) is 0 Å². The number of hydrogen-bond donors (Lipinski definition) is 0. The van der Waals surface area contributed by atoms with Gasteiger partial charge < -0.3 is 4.90 Å². The summed E-state index contributed by atoms with van der Waals surface area (Å²) in [4.78, 5) is 2.56. The van der Waals surface area contributed by atoms with Crippen molar-refractivity contribution < 1.29 is 0 Å². The molecule has 0 amide bonds. The van der Waals surface area contributed by atoms with Crippen LogP contribution in [0.5, 0.6) is 0 Å². The Morgan fingerprint density at radius 3 is 1.49 bits per heavy atom. The molecule has 0 bridgehead atoms. The molecular weight excluding hydrogens is 975 g/mol. The van der Waals surface area contributed by atoms with Gasteiger partial charge >= 0.3 is 0 Å². The van der Waals surface area contributed by atoms with Gasteiger partial charge in [0.25, 0.3) is 0 Å². The highest BCUT2D eigenvalue weighted by molar-refractivity contribution is 6.02. The molecule has 11 aromatic carbocycles. The zero-order chi connectivity index (χ0) is 55.4. The number of fused-ring (bicyclic) bond motifs is 16. The third kappa shape index (κ3) is 6.97. The third-order valence-electron chi connectivity index (χ3n) is 19.3. The molecule has 0 N–H and O–H groups in total. The molecule has 15 rings (SSSR count). The van der Waals surface area contributed by atoms with Crippen LogP contribution in [0.4, 0.5) is 17.1 Å².